The number of piperidine rings is 1. The van der Waals surface area contributed by atoms with Gasteiger partial charge in [0.25, 0.3) is 5.69 Å². The smallest absolute Gasteiger partial charge is 0.338 e. The lowest BCUT2D eigenvalue weighted by Crippen LogP contribution is -2.34. The number of hydrogen-bond acceptors (Lipinski definition) is 7. The predicted octanol–water partition coefficient (Wildman–Crippen LogP) is 4.80. The van der Waals surface area contributed by atoms with Gasteiger partial charge in [0.2, 0.25) is 0 Å². The normalized spacial score (nSPS) is 16.7. The monoisotopic (exact) mass is 411 g/mol. The van der Waals surface area contributed by atoms with Crippen molar-refractivity contribution in [1.82, 2.24) is 4.98 Å². The molecular weight excluding hydrogens is 390 g/mol. The van der Waals surface area contributed by atoms with E-state index in [-0.39, 0.29) is 17.9 Å². The number of thiazole rings is 1. The SMILES string of the molecule is CC1CCCN(c2ccc(C(=O)OCc3nc4ccccc4s3)cc2[N+](=O)[O-])C1. The van der Waals surface area contributed by atoms with Gasteiger partial charge in [-0.1, -0.05) is 19.1 Å². The Kier molecular flexibility index (Phi) is 5.44. The van der Waals surface area contributed by atoms with Crippen LogP contribution < -0.4 is 4.90 Å². The fraction of sp³-hybridized carbons (Fsp3) is 0.333. The maximum Gasteiger partial charge on any atom is 0.338 e. The van der Waals surface area contributed by atoms with Gasteiger partial charge in [-0.25, -0.2) is 9.78 Å². The highest BCUT2D eigenvalue weighted by Crippen LogP contribution is 2.32. The molecule has 1 unspecified atom stereocenters. The lowest BCUT2D eigenvalue weighted by atomic mass is 9.99. The highest BCUT2D eigenvalue weighted by molar-refractivity contribution is 7.18. The van der Waals surface area contributed by atoms with Crippen LogP contribution in [0.3, 0.4) is 0 Å². The molecule has 1 aliphatic rings. The van der Waals surface area contributed by atoms with Crippen molar-refractivity contribution in [3.63, 3.8) is 0 Å². The van der Waals surface area contributed by atoms with Crippen molar-refractivity contribution < 1.29 is 14.5 Å². The topological polar surface area (TPSA) is 85.6 Å². The number of aromatic nitrogens is 1. The van der Waals surface area contributed by atoms with Gasteiger partial charge in [0.1, 0.15) is 17.3 Å². The summed E-state index contributed by atoms with van der Waals surface area (Å²) in [5.74, 6) is -0.104. The number of ether oxygens (including phenoxy) is 1. The van der Waals surface area contributed by atoms with Crippen molar-refractivity contribution >= 4 is 38.9 Å². The van der Waals surface area contributed by atoms with Gasteiger partial charge in [0.15, 0.2) is 0 Å². The van der Waals surface area contributed by atoms with E-state index < -0.39 is 10.9 Å². The lowest BCUT2D eigenvalue weighted by Gasteiger charge is -2.32. The number of nitro benzene ring substituents is 1. The number of para-hydroxylation sites is 1. The first-order valence-corrected chi connectivity index (χ1v) is 10.4. The van der Waals surface area contributed by atoms with Crippen molar-refractivity contribution in [3.8, 4) is 0 Å². The maximum atomic E-state index is 12.5. The van der Waals surface area contributed by atoms with Crippen LogP contribution in [0.5, 0.6) is 0 Å². The summed E-state index contributed by atoms with van der Waals surface area (Å²) in [5, 5.41) is 12.3. The van der Waals surface area contributed by atoms with E-state index >= 15 is 0 Å². The first-order valence-electron chi connectivity index (χ1n) is 9.56. The van der Waals surface area contributed by atoms with E-state index in [0.717, 1.165) is 36.1 Å². The minimum Gasteiger partial charge on any atom is -0.455 e. The van der Waals surface area contributed by atoms with Gasteiger partial charge in [0, 0.05) is 19.2 Å². The van der Waals surface area contributed by atoms with Crippen molar-refractivity contribution in [2.24, 2.45) is 5.92 Å². The van der Waals surface area contributed by atoms with Crippen molar-refractivity contribution in [2.75, 3.05) is 18.0 Å². The van der Waals surface area contributed by atoms with Crippen molar-refractivity contribution in [2.45, 2.75) is 26.4 Å². The molecule has 0 saturated carbocycles. The Morgan fingerprint density at radius 2 is 2.17 bits per heavy atom. The molecule has 3 aromatic rings. The Bertz CT molecular complexity index is 1030. The summed E-state index contributed by atoms with van der Waals surface area (Å²) in [5.41, 5.74) is 1.53. The van der Waals surface area contributed by atoms with E-state index in [9.17, 15) is 14.9 Å². The van der Waals surface area contributed by atoms with E-state index in [1.807, 2.05) is 29.2 Å². The van der Waals surface area contributed by atoms with Gasteiger partial charge in [-0.05, 0) is 43.0 Å². The van der Waals surface area contributed by atoms with E-state index in [4.69, 9.17) is 4.74 Å². The van der Waals surface area contributed by atoms with E-state index in [1.54, 1.807) is 12.1 Å². The first kappa shape index (κ1) is 19.3. The molecule has 7 nitrogen and oxygen atoms in total. The standard InChI is InChI=1S/C21H21N3O4S/c1-14-5-4-10-23(12-14)17-9-8-15(11-18(17)24(26)27)21(25)28-13-20-22-16-6-2-3-7-19(16)29-20/h2-3,6-9,11,14H,4-5,10,12-13H2,1H3. The van der Waals surface area contributed by atoms with Crippen LogP contribution in [0.4, 0.5) is 11.4 Å². The Labute approximate surface area is 172 Å². The number of nitro groups is 1. The van der Waals surface area contributed by atoms with Crippen molar-refractivity contribution in [1.29, 1.82) is 0 Å². The fourth-order valence-corrected chi connectivity index (χ4v) is 4.55. The molecule has 1 saturated heterocycles. The van der Waals surface area contributed by atoms with Crippen LogP contribution in [0.2, 0.25) is 0 Å². The lowest BCUT2D eigenvalue weighted by molar-refractivity contribution is -0.384. The Hall–Kier alpha value is -3.00. The van der Waals surface area contributed by atoms with Crippen LogP contribution in [0.1, 0.15) is 35.1 Å². The molecule has 0 radical (unpaired) electrons. The van der Waals surface area contributed by atoms with Gasteiger partial charge in [0.05, 0.1) is 20.7 Å². The molecule has 8 heteroatoms. The van der Waals surface area contributed by atoms with Crippen LogP contribution in [0, 0.1) is 16.0 Å². The van der Waals surface area contributed by atoms with Gasteiger partial charge in [-0.15, -0.1) is 11.3 Å². The minimum atomic E-state index is -0.592. The largest absolute Gasteiger partial charge is 0.455 e. The summed E-state index contributed by atoms with van der Waals surface area (Å²) >= 11 is 1.46. The summed E-state index contributed by atoms with van der Waals surface area (Å²) in [6.45, 7) is 3.75. The van der Waals surface area contributed by atoms with Gasteiger partial charge < -0.3 is 9.64 Å². The average Bonchev–Trinajstić information content (AvgIpc) is 3.14. The molecule has 0 bridgehead atoms. The van der Waals surface area contributed by atoms with Crippen LogP contribution in [-0.4, -0.2) is 29.0 Å². The van der Waals surface area contributed by atoms with Crippen LogP contribution in [0.15, 0.2) is 42.5 Å². The van der Waals surface area contributed by atoms with Crippen molar-refractivity contribution in [3.05, 3.63) is 63.1 Å². The summed E-state index contributed by atoms with van der Waals surface area (Å²) in [4.78, 5) is 30.1. The number of rotatable bonds is 5. The molecule has 1 atom stereocenters. The Morgan fingerprint density at radius 1 is 1.34 bits per heavy atom. The quantitative estimate of drug-likeness (QED) is 0.341. The molecule has 2 heterocycles. The first-order chi connectivity index (χ1) is 14.0. The van der Waals surface area contributed by atoms with E-state index in [1.165, 1.54) is 17.4 Å². The van der Waals surface area contributed by atoms with Crippen LogP contribution >= 0.6 is 11.3 Å². The number of carbonyl (C=O) groups excluding carboxylic acids is 1. The fourth-order valence-electron chi connectivity index (χ4n) is 3.66. The Morgan fingerprint density at radius 3 is 2.93 bits per heavy atom. The molecule has 0 spiro atoms. The zero-order chi connectivity index (χ0) is 20.4. The molecular formula is C21H21N3O4S. The molecule has 0 N–H and O–H groups in total. The molecule has 4 rings (SSSR count). The third-order valence-corrected chi connectivity index (χ3v) is 6.08. The van der Waals surface area contributed by atoms with E-state index in [2.05, 4.69) is 11.9 Å². The summed E-state index contributed by atoms with van der Waals surface area (Å²) in [6.07, 6.45) is 2.13. The highest BCUT2D eigenvalue weighted by Gasteiger charge is 2.25. The number of nitrogens with zero attached hydrogens (tertiary/aromatic N) is 3. The zero-order valence-electron chi connectivity index (χ0n) is 16.0. The van der Waals surface area contributed by atoms with E-state index in [0.29, 0.717) is 16.6 Å². The Balaban J connectivity index is 1.50. The number of fused-ring (bicyclic) bond motifs is 1. The second-order valence-corrected chi connectivity index (χ2v) is 8.42. The zero-order valence-corrected chi connectivity index (χ0v) is 16.9. The molecule has 150 valence electrons. The number of benzene rings is 2. The molecule has 1 fully saturated rings. The van der Waals surface area contributed by atoms with Crippen LogP contribution in [-0.2, 0) is 11.3 Å². The third kappa shape index (κ3) is 4.22. The number of anilines is 1. The average molecular weight is 411 g/mol. The number of hydrogen-bond donors (Lipinski definition) is 0. The second kappa shape index (κ2) is 8.16. The maximum absolute atomic E-state index is 12.5. The summed E-state index contributed by atoms with van der Waals surface area (Å²) < 4.78 is 6.38. The summed E-state index contributed by atoms with van der Waals surface area (Å²) in [7, 11) is 0. The predicted molar refractivity (Wildman–Crippen MR) is 112 cm³/mol. The second-order valence-electron chi connectivity index (χ2n) is 7.31. The molecule has 29 heavy (non-hydrogen) atoms. The molecule has 2 aromatic carbocycles. The third-order valence-electron chi connectivity index (χ3n) is 5.07. The van der Waals surface area contributed by atoms with Crippen LogP contribution in [0.25, 0.3) is 10.2 Å². The molecule has 1 aliphatic heterocycles. The number of carbonyl (C=O) groups is 1. The molecule has 0 aliphatic carbocycles. The highest BCUT2D eigenvalue weighted by atomic mass is 32.1. The minimum absolute atomic E-state index is 0.0391. The van der Waals surface area contributed by atoms with Gasteiger partial charge >= 0.3 is 5.97 Å². The molecule has 1 aromatic heterocycles. The van der Waals surface area contributed by atoms with Gasteiger partial charge in [-0.2, -0.15) is 0 Å². The van der Waals surface area contributed by atoms with Gasteiger partial charge in [-0.3, -0.25) is 10.1 Å². The number of esters is 1. The summed E-state index contributed by atoms with van der Waals surface area (Å²) in [6, 6.07) is 12.3. The molecule has 0 amide bonds.